The van der Waals surface area contributed by atoms with Gasteiger partial charge in [-0.25, -0.2) is 0 Å². The number of aryl methyl sites for hydroxylation is 1. The third-order valence-electron chi connectivity index (χ3n) is 4.03. The number of hydrogen-bond donors (Lipinski definition) is 1. The highest BCUT2D eigenvalue weighted by Gasteiger charge is 2.18. The van der Waals surface area contributed by atoms with Gasteiger partial charge in [-0.05, 0) is 56.6 Å². The molecule has 1 aromatic heterocycles. The van der Waals surface area contributed by atoms with Gasteiger partial charge in [0.25, 0.3) is 0 Å². The summed E-state index contributed by atoms with van der Waals surface area (Å²) in [4.78, 5) is 13.7. The van der Waals surface area contributed by atoms with Crippen LogP contribution in [-0.2, 0) is 9.53 Å². The van der Waals surface area contributed by atoms with Crippen LogP contribution in [0.4, 0.5) is 16.4 Å². The predicted octanol–water partition coefficient (Wildman–Crippen LogP) is 3.88. The molecule has 2 rings (SSSR count). The van der Waals surface area contributed by atoms with Crippen molar-refractivity contribution >= 4 is 33.9 Å². The molecule has 0 aliphatic rings. The van der Waals surface area contributed by atoms with Gasteiger partial charge in [-0.1, -0.05) is 0 Å². The Labute approximate surface area is 168 Å². The Morgan fingerprint density at radius 2 is 2.11 bits per heavy atom. The van der Waals surface area contributed by atoms with Crippen molar-refractivity contribution in [1.29, 1.82) is 5.26 Å². The molecular weight excluding hydrogens is 378 g/mol. The van der Waals surface area contributed by atoms with Crippen LogP contribution in [0.3, 0.4) is 0 Å². The number of azo groups is 1. The quantitative estimate of drug-likeness (QED) is 0.504. The first-order valence-electron chi connectivity index (χ1n) is 8.91. The molecule has 0 saturated carbocycles. The third-order valence-corrected chi connectivity index (χ3v) is 4.86. The second kappa shape index (κ2) is 10.5. The molecule has 1 unspecified atom stereocenters. The second-order valence-corrected chi connectivity index (χ2v) is 6.80. The molecule has 0 bridgehead atoms. The van der Waals surface area contributed by atoms with Crippen LogP contribution in [0.2, 0.25) is 0 Å². The lowest BCUT2D eigenvalue weighted by atomic mass is 10.1. The van der Waals surface area contributed by atoms with Gasteiger partial charge in [0.15, 0.2) is 5.00 Å². The third kappa shape index (κ3) is 5.58. The number of ether oxygens (including phenoxy) is 1. The molecule has 1 heterocycles. The second-order valence-electron chi connectivity index (χ2n) is 6.05. The highest BCUT2D eigenvalue weighted by molar-refractivity contribution is 7.10. The largest absolute Gasteiger partial charge is 0.466 e. The fraction of sp³-hybridized carbons (Fsp3) is 0.421. The van der Waals surface area contributed by atoms with Crippen LogP contribution in [0.5, 0.6) is 0 Å². The molecule has 1 aromatic carbocycles. The number of carbonyl (C=O) groups excluding carboxylic acids is 1. The van der Waals surface area contributed by atoms with Gasteiger partial charge in [-0.3, -0.25) is 4.79 Å². The number of anilines is 1. The molecule has 0 radical (unpaired) electrons. The van der Waals surface area contributed by atoms with Crippen molar-refractivity contribution in [1.82, 2.24) is 4.37 Å². The van der Waals surface area contributed by atoms with Crippen molar-refractivity contribution in [2.75, 3.05) is 24.7 Å². The Bertz CT molecular complexity index is 857. The number of nitrogens with zero attached hydrogens (tertiary/aromatic N) is 5. The molecule has 2 aromatic rings. The van der Waals surface area contributed by atoms with E-state index < -0.39 is 0 Å². The molecule has 28 heavy (non-hydrogen) atoms. The summed E-state index contributed by atoms with van der Waals surface area (Å²) in [6.07, 6.45) is 0.233. The Morgan fingerprint density at radius 3 is 2.71 bits per heavy atom. The molecule has 0 amide bonds. The Kier molecular flexibility index (Phi) is 8.04. The molecular formula is C19H23N5O3S. The molecule has 1 atom stereocenters. The summed E-state index contributed by atoms with van der Waals surface area (Å²) in [6, 6.07) is 9.25. The minimum absolute atomic E-state index is 0.0315. The van der Waals surface area contributed by atoms with Gasteiger partial charge >= 0.3 is 5.97 Å². The van der Waals surface area contributed by atoms with E-state index in [9.17, 15) is 9.90 Å². The maximum atomic E-state index is 11.8. The van der Waals surface area contributed by atoms with E-state index in [2.05, 4.69) is 20.7 Å². The maximum absolute atomic E-state index is 11.8. The Balaban J connectivity index is 2.12. The number of aliphatic hydroxyl groups excluding tert-OH is 1. The summed E-state index contributed by atoms with van der Waals surface area (Å²) in [5, 5.41) is 27.3. The molecule has 0 saturated heterocycles. The van der Waals surface area contributed by atoms with E-state index in [0.29, 0.717) is 35.1 Å². The topological polar surface area (TPSA) is 111 Å². The van der Waals surface area contributed by atoms with Gasteiger partial charge in [-0.2, -0.15) is 9.64 Å². The molecule has 0 fully saturated rings. The zero-order valence-electron chi connectivity index (χ0n) is 16.1. The number of aliphatic hydroxyl groups is 1. The summed E-state index contributed by atoms with van der Waals surface area (Å²) in [5.74, 6) is -0.267. The summed E-state index contributed by atoms with van der Waals surface area (Å²) < 4.78 is 9.12. The molecule has 0 aliphatic carbocycles. The number of esters is 1. The van der Waals surface area contributed by atoms with Crippen LogP contribution in [0.1, 0.15) is 31.5 Å². The van der Waals surface area contributed by atoms with Crippen LogP contribution in [-0.4, -0.2) is 41.2 Å². The van der Waals surface area contributed by atoms with Gasteiger partial charge in [0, 0.05) is 18.3 Å². The van der Waals surface area contributed by atoms with E-state index >= 15 is 0 Å². The number of hydrogen-bond acceptors (Lipinski definition) is 9. The smallest absolute Gasteiger partial charge is 0.307 e. The zero-order chi connectivity index (χ0) is 20.5. The maximum Gasteiger partial charge on any atom is 0.307 e. The summed E-state index contributed by atoms with van der Waals surface area (Å²) >= 11 is 1.14. The number of benzene rings is 1. The molecule has 9 heteroatoms. The minimum Gasteiger partial charge on any atom is -0.466 e. The van der Waals surface area contributed by atoms with Crippen LogP contribution < -0.4 is 4.90 Å². The lowest BCUT2D eigenvalue weighted by molar-refractivity contribution is -0.143. The highest BCUT2D eigenvalue weighted by atomic mass is 32.1. The molecule has 1 N–H and O–H groups in total. The lowest BCUT2D eigenvalue weighted by Gasteiger charge is -2.30. The molecule has 8 nitrogen and oxygen atoms in total. The fourth-order valence-electron chi connectivity index (χ4n) is 2.65. The lowest BCUT2D eigenvalue weighted by Crippen LogP contribution is -2.37. The van der Waals surface area contributed by atoms with Gasteiger partial charge in [-0.15, -0.1) is 10.2 Å². The summed E-state index contributed by atoms with van der Waals surface area (Å²) in [7, 11) is 0. The average molecular weight is 401 g/mol. The van der Waals surface area contributed by atoms with E-state index in [1.807, 2.05) is 24.0 Å². The van der Waals surface area contributed by atoms with E-state index in [1.54, 1.807) is 26.0 Å². The van der Waals surface area contributed by atoms with Gasteiger partial charge < -0.3 is 14.7 Å². The van der Waals surface area contributed by atoms with Gasteiger partial charge in [0.1, 0.15) is 11.6 Å². The standard InChI is InChI=1S/C19H23N5O3S/c1-4-27-18(26)11-13(2)24(9-10-25)16-7-5-15(6-8-16)21-22-19-17(12-20)14(3)23-28-19/h5-8,13,25H,4,9-11H2,1-3H3. The summed E-state index contributed by atoms with van der Waals surface area (Å²) in [5.41, 5.74) is 2.57. The van der Waals surface area contributed by atoms with Crippen molar-refractivity contribution in [2.45, 2.75) is 33.2 Å². The van der Waals surface area contributed by atoms with Crippen LogP contribution >= 0.6 is 11.5 Å². The van der Waals surface area contributed by atoms with Crippen LogP contribution in [0.15, 0.2) is 34.5 Å². The number of aromatic nitrogens is 1. The first-order valence-corrected chi connectivity index (χ1v) is 9.68. The van der Waals surface area contributed by atoms with Crippen LogP contribution in [0, 0.1) is 18.3 Å². The summed E-state index contributed by atoms with van der Waals surface area (Å²) in [6.45, 7) is 6.15. The molecule has 148 valence electrons. The highest BCUT2D eigenvalue weighted by Crippen LogP contribution is 2.29. The normalized spacial score (nSPS) is 12.0. The van der Waals surface area contributed by atoms with Crippen molar-refractivity contribution in [3.8, 4) is 6.07 Å². The number of rotatable bonds is 9. The number of carbonyl (C=O) groups is 1. The van der Waals surface area contributed by atoms with E-state index in [0.717, 1.165) is 17.2 Å². The predicted molar refractivity (Wildman–Crippen MR) is 107 cm³/mol. The van der Waals surface area contributed by atoms with E-state index in [4.69, 9.17) is 10.00 Å². The molecule has 0 aliphatic heterocycles. The average Bonchev–Trinajstić information content (AvgIpc) is 3.04. The number of nitriles is 1. The SMILES string of the molecule is CCOC(=O)CC(C)N(CCO)c1ccc(N=Nc2snc(C)c2C#N)cc1. The Morgan fingerprint density at radius 1 is 1.39 bits per heavy atom. The van der Waals surface area contributed by atoms with Gasteiger partial charge in [0.2, 0.25) is 0 Å². The van der Waals surface area contributed by atoms with Crippen molar-refractivity contribution in [3.05, 3.63) is 35.5 Å². The minimum atomic E-state index is -0.267. The monoisotopic (exact) mass is 401 g/mol. The van der Waals surface area contributed by atoms with E-state index in [-0.39, 0.29) is 25.0 Å². The first kappa shape index (κ1) is 21.5. The van der Waals surface area contributed by atoms with Crippen molar-refractivity contribution in [2.24, 2.45) is 10.2 Å². The van der Waals surface area contributed by atoms with Gasteiger partial charge in [0.05, 0.1) is 31.0 Å². The first-order chi connectivity index (χ1) is 13.5. The van der Waals surface area contributed by atoms with Crippen molar-refractivity contribution in [3.63, 3.8) is 0 Å². The fourth-order valence-corrected chi connectivity index (χ4v) is 3.33. The molecule has 0 spiro atoms. The van der Waals surface area contributed by atoms with Crippen LogP contribution in [0.25, 0.3) is 0 Å². The van der Waals surface area contributed by atoms with Crippen molar-refractivity contribution < 1.29 is 14.6 Å². The zero-order valence-corrected chi connectivity index (χ0v) is 16.9. The van der Waals surface area contributed by atoms with E-state index in [1.165, 1.54) is 0 Å². The Hall–Kier alpha value is -2.83.